The van der Waals surface area contributed by atoms with Crippen molar-refractivity contribution in [1.82, 2.24) is 0 Å². The van der Waals surface area contributed by atoms with E-state index in [4.69, 9.17) is 46.4 Å². The van der Waals surface area contributed by atoms with Crippen molar-refractivity contribution in [2.45, 2.75) is 13.8 Å². The highest BCUT2D eigenvalue weighted by atomic mass is 35.5. The number of aryl methyl sites for hydroxylation is 1. The summed E-state index contributed by atoms with van der Waals surface area (Å²) in [5, 5.41) is 2.91. The normalized spacial score (nSPS) is 13.4. The van der Waals surface area contributed by atoms with Gasteiger partial charge in [-0.25, -0.2) is 4.90 Å². The minimum absolute atomic E-state index is 0.0525. The van der Waals surface area contributed by atoms with Gasteiger partial charge in [-0.15, -0.1) is 0 Å². The second-order valence-electron chi connectivity index (χ2n) is 7.95. The largest absolute Gasteiger partial charge is 0.350 e. The molecule has 0 atom stereocenters. The first-order chi connectivity index (χ1) is 17.1. The van der Waals surface area contributed by atoms with E-state index in [0.717, 1.165) is 16.2 Å². The quantitative estimate of drug-likeness (QED) is 0.258. The van der Waals surface area contributed by atoms with Crippen LogP contribution >= 0.6 is 46.4 Å². The fourth-order valence-corrected chi connectivity index (χ4v) is 4.62. The number of hydrogen-bond donors (Lipinski definition) is 1. The predicted molar refractivity (Wildman–Crippen MR) is 145 cm³/mol. The second kappa shape index (κ2) is 10.5. The van der Waals surface area contributed by atoms with Crippen LogP contribution in [0.3, 0.4) is 0 Å². The monoisotopic (exact) mass is 561 g/mol. The maximum Gasteiger partial charge on any atom is 0.283 e. The summed E-state index contributed by atoms with van der Waals surface area (Å²) in [6.07, 6.45) is 0. The van der Waals surface area contributed by atoms with Crippen LogP contribution in [0.5, 0.6) is 0 Å². The highest BCUT2D eigenvalue weighted by Gasteiger charge is 2.40. The lowest BCUT2D eigenvalue weighted by Crippen LogP contribution is -2.32. The van der Waals surface area contributed by atoms with E-state index in [0.29, 0.717) is 17.8 Å². The first-order valence-corrected chi connectivity index (χ1v) is 12.3. The number of benzene rings is 3. The Labute approximate surface area is 228 Å². The van der Waals surface area contributed by atoms with E-state index in [1.807, 2.05) is 38.1 Å². The summed E-state index contributed by atoms with van der Waals surface area (Å²) in [5.41, 5.74) is 2.50. The van der Waals surface area contributed by atoms with Crippen LogP contribution in [0, 0.1) is 6.92 Å². The molecule has 10 heteroatoms. The van der Waals surface area contributed by atoms with Crippen molar-refractivity contribution < 1.29 is 14.4 Å². The maximum absolute atomic E-state index is 13.3. The maximum atomic E-state index is 13.3. The number of amides is 3. The van der Waals surface area contributed by atoms with Gasteiger partial charge in [-0.2, -0.15) is 0 Å². The average Bonchev–Trinajstić information content (AvgIpc) is 3.05. The molecule has 0 aromatic heterocycles. The number of carbonyl (C=O) groups excluding carboxylic acids is 3. The van der Waals surface area contributed by atoms with E-state index in [1.54, 1.807) is 29.2 Å². The Kier molecular flexibility index (Phi) is 7.62. The highest BCUT2D eigenvalue weighted by molar-refractivity contribution is 6.54. The molecule has 36 heavy (non-hydrogen) atoms. The van der Waals surface area contributed by atoms with E-state index in [1.165, 1.54) is 12.1 Å². The van der Waals surface area contributed by atoms with Crippen LogP contribution in [0.4, 0.5) is 17.1 Å². The zero-order valence-electron chi connectivity index (χ0n) is 19.1. The molecule has 0 radical (unpaired) electrons. The summed E-state index contributed by atoms with van der Waals surface area (Å²) in [7, 11) is 0. The van der Waals surface area contributed by atoms with Gasteiger partial charge in [0.2, 0.25) is 0 Å². The average molecular weight is 563 g/mol. The SMILES string of the molecule is CCN(C(=O)c1cccc(NC2=C(Cl)C(=O)N(c3cc(Cl)c(Cl)cc3Cl)C2=O)c1)c1cccc(C)c1. The summed E-state index contributed by atoms with van der Waals surface area (Å²) in [4.78, 5) is 41.7. The third-order valence-corrected chi connectivity index (χ3v) is 6.89. The van der Waals surface area contributed by atoms with Crippen molar-refractivity contribution in [3.05, 3.63) is 97.6 Å². The molecule has 1 N–H and O–H groups in total. The molecule has 3 aromatic carbocycles. The van der Waals surface area contributed by atoms with Crippen LogP contribution < -0.4 is 15.1 Å². The van der Waals surface area contributed by atoms with Gasteiger partial charge < -0.3 is 10.2 Å². The smallest absolute Gasteiger partial charge is 0.283 e. The number of halogens is 4. The van der Waals surface area contributed by atoms with Gasteiger partial charge in [0.05, 0.1) is 20.8 Å². The summed E-state index contributed by atoms with van der Waals surface area (Å²) >= 11 is 24.5. The Morgan fingerprint density at radius 1 is 0.889 bits per heavy atom. The van der Waals surface area contributed by atoms with Crippen molar-refractivity contribution in [1.29, 1.82) is 0 Å². The van der Waals surface area contributed by atoms with Crippen LogP contribution in [-0.2, 0) is 9.59 Å². The van der Waals surface area contributed by atoms with Crippen molar-refractivity contribution >= 4 is 81.2 Å². The van der Waals surface area contributed by atoms with Gasteiger partial charge >= 0.3 is 0 Å². The van der Waals surface area contributed by atoms with Crippen LogP contribution in [0.2, 0.25) is 15.1 Å². The van der Waals surface area contributed by atoms with E-state index in [9.17, 15) is 14.4 Å². The lowest BCUT2D eigenvalue weighted by Gasteiger charge is -2.22. The number of anilines is 3. The summed E-state index contributed by atoms with van der Waals surface area (Å²) in [6, 6.07) is 16.9. The number of nitrogens with one attached hydrogen (secondary N) is 1. The molecule has 1 aliphatic heterocycles. The van der Waals surface area contributed by atoms with Crippen LogP contribution in [0.25, 0.3) is 0 Å². The van der Waals surface area contributed by atoms with Gasteiger partial charge in [0.1, 0.15) is 10.7 Å². The van der Waals surface area contributed by atoms with Crippen molar-refractivity contribution in [3.8, 4) is 0 Å². The van der Waals surface area contributed by atoms with Gasteiger partial charge in [0, 0.05) is 23.5 Å². The Morgan fingerprint density at radius 3 is 2.28 bits per heavy atom. The van der Waals surface area contributed by atoms with Crippen LogP contribution in [0.1, 0.15) is 22.8 Å². The van der Waals surface area contributed by atoms with Gasteiger partial charge in [0.15, 0.2) is 0 Å². The van der Waals surface area contributed by atoms with Crippen LogP contribution in [0.15, 0.2) is 71.4 Å². The second-order valence-corrected chi connectivity index (χ2v) is 9.55. The molecule has 1 aliphatic rings. The highest BCUT2D eigenvalue weighted by Crippen LogP contribution is 2.38. The molecular weight excluding hydrogens is 544 g/mol. The molecule has 184 valence electrons. The molecular formula is C26H19Cl4N3O3. The van der Waals surface area contributed by atoms with Crippen molar-refractivity contribution in [3.63, 3.8) is 0 Å². The minimum atomic E-state index is -0.770. The van der Waals surface area contributed by atoms with Crippen LogP contribution in [-0.4, -0.2) is 24.3 Å². The first kappa shape index (κ1) is 26.0. The predicted octanol–water partition coefficient (Wildman–Crippen LogP) is 7.06. The molecule has 0 spiro atoms. The third-order valence-electron chi connectivity index (χ3n) is 5.51. The fraction of sp³-hybridized carbons (Fsp3) is 0.115. The number of imide groups is 1. The Bertz CT molecular complexity index is 1440. The van der Waals surface area contributed by atoms with Crippen molar-refractivity contribution in [2.75, 3.05) is 21.7 Å². The molecule has 3 aromatic rings. The van der Waals surface area contributed by atoms with Crippen molar-refractivity contribution in [2.24, 2.45) is 0 Å². The van der Waals surface area contributed by atoms with Gasteiger partial charge in [-0.05, 0) is 61.9 Å². The lowest BCUT2D eigenvalue weighted by atomic mass is 10.1. The molecule has 4 rings (SSSR count). The topological polar surface area (TPSA) is 69.7 Å². The fourth-order valence-electron chi connectivity index (χ4n) is 3.78. The Morgan fingerprint density at radius 2 is 1.58 bits per heavy atom. The third kappa shape index (κ3) is 4.95. The van der Waals surface area contributed by atoms with E-state index in [2.05, 4.69) is 5.32 Å². The Balaban J connectivity index is 1.61. The molecule has 0 saturated carbocycles. The van der Waals surface area contributed by atoms with E-state index < -0.39 is 11.8 Å². The van der Waals surface area contributed by atoms with E-state index >= 15 is 0 Å². The molecule has 0 saturated heterocycles. The number of rotatable bonds is 6. The molecule has 6 nitrogen and oxygen atoms in total. The van der Waals surface area contributed by atoms with Gasteiger partial charge in [-0.1, -0.05) is 64.6 Å². The zero-order chi connectivity index (χ0) is 26.1. The minimum Gasteiger partial charge on any atom is -0.350 e. The number of hydrogen-bond acceptors (Lipinski definition) is 4. The molecule has 0 unspecified atom stereocenters. The summed E-state index contributed by atoms with van der Waals surface area (Å²) < 4.78 is 0. The molecule has 0 aliphatic carbocycles. The zero-order valence-corrected chi connectivity index (χ0v) is 22.1. The molecule has 1 heterocycles. The number of carbonyl (C=O) groups is 3. The summed E-state index contributed by atoms with van der Waals surface area (Å²) in [5.74, 6) is -1.71. The molecule has 3 amide bonds. The lowest BCUT2D eigenvalue weighted by molar-refractivity contribution is -0.120. The van der Waals surface area contributed by atoms with Gasteiger partial charge in [-0.3, -0.25) is 14.4 Å². The van der Waals surface area contributed by atoms with Gasteiger partial charge in [0.25, 0.3) is 17.7 Å². The standard InChI is InChI=1S/C26H19Cl4N3O3/c1-3-32(17-9-4-6-14(2)10-17)24(34)15-7-5-8-16(11-15)31-23-22(30)25(35)33(26(23)36)21-13-19(28)18(27)12-20(21)29/h4-13,31H,3H2,1-2H3. The summed E-state index contributed by atoms with van der Waals surface area (Å²) in [6.45, 7) is 4.31. The first-order valence-electron chi connectivity index (χ1n) is 10.8. The molecule has 0 bridgehead atoms. The molecule has 0 fully saturated rings. The number of nitrogens with zero attached hydrogens (tertiary/aromatic N) is 2. The Hall–Kier alpha value is -3.03. The van der Waals surface area contributed by atoms with E-state index in [-0.39, 0.29) is 37.4 Å².